The number of carbonyl (C=O) groups excluding carboxylic acids is 1. The van der Waals surface area contributed by atoms with Gasteiger partial charge >= 0.3 is 6.03 Å². The Morgan fingerprint density at radius 3 is 2.74 bits per heavy atom. The van der Waals surface area contributed by atoms with E-state index in [0.717, 1.165) is 24.2 Å². The summed E-state index contributed by atoms with van der Waals surface area (Å²) in [5.41, 5.74) is 3.19. The summed E-state index contributed by atoms with van der Waals surface area (Å²) in [7, 11) is 1.95. The maximum absolute atomic E-state index is 12.5. The van der Waals surface area contributed by atoms with E-state index < -0.39 is 0 Å². The molecule has 1 fully saturated rings. The first kappa shape index (κ1) is 17.8. The summed E-state index contributed by atoms with van der Waals surface area (Å²) in [5, 5.41) is 7.56. The molecule has 0 radical (unpaired) electrons. The normalized spacial score (nSPS) is 23.0. The highest BCUT2D eigenvalue weighted by Crippen LogP contribution is 2.21. The van der Waals surface area contributed by atoms with Crippen LogP contribution in [0.3, 0.4) is 0 Å². The molecule has 6 heteroatoms. The van der Waals surface area contributed by atoms with Crippen molar-refractivity contribution < 1.29 is 9.53 Å². The van der Waals surface area contributed by atoms with Crippen molar-refractivity contribution in [2.75, 3.05) is 19.7 Å². The fraction of sp³-hybridized carbons (Fsp3) is 0.765. The lowest BCUT2D eigenvalue weighted by Gasteiger charge is -2.40. The molecule has 0 aliphatic carbocycles. The van der Waals surface area contributed by atoms with Crippen molar-refractivity contribution in [1.29, 1.82) is 0 Å². The number of morpholine rings is 1. The predicted octanol–water partition coefficient (Wildman–Crippen LogP) is 2.18. The average Bonchev–Trinajstić information content (AvgIpc) is 2.73. The summed E-state index contributed by atoms with van der Waals surface area (Å²) in [6.07, 6.45) is 1.70. The van der Waals surface area contributed by atoms with Crippen LogP contribution in [-0.2, 0) is 18.2 Å². The van der Waals surface area contributed by atoms with Gasteiger partial charge in [0.2, 0.25) is 0 Å². The van der Waals surface area contributed by atoms with Gasteiger partial charge < -0.3 is 15.0 Å². The van der Waals surface area contributed by atoms with E-state index in [1.807, 2.05) is 30.5 Å². The van der Waals surface area contributed by atoms with Crippen molar-refractivity contribution in [3.05, 3.63) is 17.0 Å². The fourth-order valence-corrected chi connectivity index (χ4v) is 3.09. The summed E-state index contributed by atoms with van der Waals surface area (Å²) in [6, 6.07) is 0.0690. The van der Waals surface area contributed by atoms with Crippen LogP contribution in [0.25, 0.3) is 0 Å². The number of nitrogens with zero attached hydrogens (tertiary/aromatic N) is 3. The van der Waals surface area contributed by atoms with Gasteiger partial charge in [0.05, 0.1) is 24.4 Å². The van der Waals surface area contributed by atoms with E-state index in [1.165, 1.54) is 5.56 Å². The lowest BCUT2D eigenvalue weighted by Crippen LogP contribution is -2.55. The van der Waals surface area contributed by atoms with Crippen LogP contribution < -0.4 is 5.32 Å². The highest BCUT2D eigenvalue weighted by molar-refractivity contribution is 5.74. The number of rotatable bonds is 4. The SMILES string of the molecule is CC[C@@]1(C)CN(C(=O)N[C@H](C)Cc2c(C)nn(C)c2C)CCO1. The van der Waals surface area contributed by atoms with Gasteiger partial charge in [-0.05, 0) is 46.1 Å². The fourth-order valence-electron chi connectivity index (χ4n) is 3.09. The van der Waals surface area contributed by atoms with Crippen LogP contribution in [0.5, 0.6) is 0 Å². The number of aryl methyl sites for hydroxylation is 2. The molecule has 0 unspecified atom stereocenters. The summed E-state index contributed by atoms with van der Waals surface area (Å²) < 4.78 is 7.69. The van der Waals surface area contributed by atoms with E-state index in [0.29, 0.717) is 19.7 Å². The quantitative estimate of drug-likeness (QED) is 0.924. The van der Waals surface area contributed by atoms with E-state index in [4.69, 9.17) is 4.74 Å². The second kappa shape index (κ2) is 6.91. The lowest BCUT2D eigenvalue weighted by atomic mass is 10.0. The van der Waals surface area contributed by atoms with Gasteiger partial charge in [-0.3, -0.25) is 4.68 Å². The van der Waals surface area contributed by atoms with Crippen LogP contribution in [0.2, 0.25) is 0 Å². The Morgan fingerprint density at radius 2 is 2.17 bits per heavy atom. The Morgan fingerprint density at radius 1 is 1.48 bits per heavy atom. The molecule has 2 rings (SSSR count). The molecule has 2 atom stereocenters. The molecule has 0 spiro atoms. The second-order valence-electron chi connectivity index (χ2n) is 6.90. The molecular weight excluding hydrogens is 292 g/mol. The molecule has 1 aliphatic rings. The van der Waals surface area contributed by atoms with Crippen molar-refractivity contribution in [2.45, 2.75) is 59.1 Å². The summed E-state index contributed by atoms with van der Waals surface area (Å²) in [6.45, 7) is 12.2. The van der Waals surface area contributed by atoms with Gasteiger partial charge in [-0.15, -0.1) is 0 Å². The van der Waals surface area contributed by atoms with Gasteiger partial charge in [0.1, 0.15) is 0 Å². The molecule has 1 saturated heterocycles. The number of hydrogen-bond acceptors (Lipinski definition) is 3. The van der Waals surface area contributed by atoms with Crippen molar-refractivity contribution in [2.24, 2.45) is 7.05 Å². The number of urea groups is 1. The maximum Gasteiger partial charge on any atom is 0.317 e. The van der Waals surface area contributed by atoms with Gasteiger partial charge in [-0.25, -0.2) is 4.79 Å². The van der Waals surface area contributed by atoms with Gasteiger partial charge in [-0.2, -0.15) is 5.10 Å². The van der Waals surface area contributed by atoms with Crippen molar-refractivity contribution >= 4 is 6.03 Å². The number of hydrogen-bond donors (Lipinski definition) is 1. The smallest absolute Gasteiger partial charge is 0.317 e. The van der Waals surface area contributed by atoms with Crippen LogP contribution in [0.4, 0.5) is 4.79 Å². The Hall–Kier alpha value is -1.56. The molecular formula is C17H30N4O2. The third-order valence-corrected chi connectivity index (χ3v) is 4.91. The standard InChI is InChI=1S/C17H30N4O2/c1-7-17(5)11-21(8-9-23-17)16(22)18-12(2)10-15-13(3)19-20(6)14(15)4/h12H,7-11H2,1-6H3,(H,18,22)/t12-,17+/m1/s1. The van der Waals surface area contributed by atoms with E-state index in [-0.39, 0.29) is 17.7 Å². The first-order valence-corrected chi connectivity index (χ1v) is 8.44. The molecule has 1 aliphatic heterocycles. The number of ether oxygens (including phenoxy) is 1. The van der Waals surface area contributed by atoms with Crippen molar-refractivity contribution in [3.8, 4) is 0 Å². The highest BCUT2D eigenvalue weighted by atomic mass is 16.5. The van der Waals surface area contributed by atoms with Crippen LogP contribution >= 0.6 is 0 Å². The molecule has 1 aromatic rings. The molecule has 0 bridgehead atoms. The van der Waals surface area contributed by atoms with Crippen LogP contribution in [0.15, 0.2) is 0 Å². The van der Waals surface area contributed by atoms with E-state index in [9.17, 15) is 4.79 Å². The Balaban J connectivity index is 1.94. The zero-order valence-corrected chi connectivity index (χ0v) is 15.3. The van der Waals surface area contributed by atoms with E-state index >= 15 is 0 Å². The van der Waals surface area contributed by atoms with Gasteiger partial charge in [0.25, 0.3) is 0 Å². The average molecular weight is 322 g/mol. The minimum absolute atomic E-state index is 0.000304. The van der Waals surface area contributed by atoms with Crippen LogP contribution in [-0.4, -0.2) is 52.1 Å². The van der Waals surface area contributed by atoms with Gasteiger partial charge in [-0.1, -0.05) is 6.92 Å². The minimum atomic E-state index is -0.227. The largest absolute Gasteiger partial charge is 0.372 e. The molecule has 2 amide bonds. The van der Waals surface area contributed by atoms with Crippen molar-refractivity contribution in [3.63, 3.8) is 0 Å². The number of aromatic nitrogens is 2. The first-order chi connectivity index (χ1) is 10.8. The Labute approximate surface area is 139 Å². The molecule has 1 aromatic heterocycles. The molecule has 0 aromatic carbocycles. The predicted molar refractivity (Wildman–Crippen MR) is 90.6 cm³/mol. The molecule has 130 valence electrons. The van der Waals surface area contributed by atoms with E-state index in [2.05, 4.69) is 31.2 Å². The first-order valence-electron chi connectivity index (χ1n) is 8.44. The summed E-state index contributed by atoms with van der Waals surface area (Å²) in [5.74, 6) is 0. The maximum atomic E-state index is 12.5. The van der Waals surface area contributed by atoms with E-state index in [1.54, 1.807) is 0 Å². The summed E-state index contributed by atoms with van der Waals surface area (Å²) >= 11 is 0. The van der Waals surface area contributed by atoms with Gasteiger partial charge in [0, 0.05) is 25.3 Å². The number of amides is 2. The molecule has 1 N–H and O–H groups in total. The zero-order valence-electron chi connectivity index (χ0n) is 15.3. The summed E-state index contributed by atoms with van der Waals surface area (Å²) in [4.78, 5) is 14.4. The molecule has 6 nitrogen and oxygen atoms in total. The number of nitrogens with one attached hydrogen (secondary N) is 1. The zero-order chi connectivity index (χ0) is 17.2. The topological polar surface area (TPSA) is 59.4 Å². The Kier molecular flexibility index (Phi) is 5.34. The minimum Gasteiger partial charge on any atom is -0.372 e. The lowest BCUT2D eigenvalue weighted by molar-refractivity contribution is -0.0874. The molecule has 23 heavy (non-hydrogen) atoms. The second-order valence-corrected chi connectivity index (χ2v) is 6.90. The van der Waals surface area contributed by atoms with Crippen LogP contribution in [0.1, 0.15) is 44.1 Å². The molecule has 0 saturated carbocycles. The van der Waals surface area contributed by atoms with Crippen molar-refractivity contribution in [1.82, 2.24) is 20.0 Å². The highest BCUT2D eigenvalue weighted by Gasteiger charge is 2.33. The third kappa shape index (κ3) is 4.05. The monoisotopic (exact) mass is 322 g/mol. The Bertz CT molecular complexity index is 569. The number of carbonyl (C=O) groups is 1. The molecule has 2 heterocycles. The van der Waals surface area contributed by atoms with Gasteiger partial charge in [0.15, 0.2) is 0 Å². The van der Waals surface area contributed by atoms with Crippen LogP contribution in [0, 0.1) is 13.8 Å². The third-order valence-electron chi connectivity index (χ3n) is 4.91.